The van der Waals surface area contributed by atoms with Crippen LogP contribution in [0.2, 0.25) is 0 Å². The molecular formula is C19H15N5O2. The molecule has 0 radical (unpaired) electrons. The van der Waals surface area contributed by atoms with Crippen molar-refractivity contribution in [3.05, 3.63) is 59.4 Å². The Hall–Kier alpha value is -3.84. The number of benzene rings is 1. The Morgan fingerprint density at radius 2 is 1.81 bits per heavy atom. The number of aryl methyl sites for hydroxylation is 2. The van der Waals surface area contributed by atoms with Crippen molar-refractivity contribution >= 4 is 0 Å². The van der Waals surface area contributed by atoms with Crippen LogP contribution in [0, 0.1) is 22.7 Å². The molecule has 1 aromatic carbocycles. The first-order chi connectivity index (χ1) is 12.6. The van der Waals surface area contributed by atoms with Gasteiger partial charge in [0.25, 0.3) is 5.88 Å². The topological polar surface area (TPSA) is 96.8 Å². The normalized spacial score (nSPS) is 10.0. The maximum atomic E-state index is 9.14. The summed E-state index contributed by atoms with van der Waals surface area (Å²) in [5.41, 5.74) is 1.38. The van der Waals surface area contributed by atoms with E-state index >= 15 is 0 Å². The lowest BCUT2D eigenvalue weighted by atomic mass is 10.1. The van der Waals surface area contributed by atoms with E-state index in [0.717, 1.165) is 0 Å². The first-order valence-corrected chi connectivity index (χ1v) is 7.92. The monoisotopic (exact) mass is 345 g/mol. The van der Waals surface area contributed by atoms with E-state index in [2.05, 4.69) is 10.1 Å². The minimum Gasteiger partial charge on any atom is -0.450 e. The van der Waals surface area contributed by atoms with Crippen molar-refractivity contribution in [1.82, 2.24) is 14.8 Å². The van der Waals surface area contributed by atoms with Gasteiger partial charge >= 0.3 is 0 Å². The summed E-state index contributed by atoms with van der Waals surface area (Å²) < 4.78 is 13.4. The molecule has 2 aromatic heterocycles. The predicted molar refractivity (Wildman–Crippen MR) is 92.8 cm³/mol. The molecule has 0 aliphatic heterocycles. The average Bonchev–Trinajstić information content (AvgIpc) is 2.97. The van der Waals surface area contributed by atoms with E-state index in [0.29, 0.717) is 46.5 Å². The Morgan fingerprint density at radius 3 is 2.38 bits per heavy atom. The first-order valence-electron chi connectivity index (χ1n) is 7.92. The Balaban J connectivity index is 2.02. The van der Waals surface area contributed by atoms with Gasteiger partial charge in [-0.25, -0.2) is 9.67 Å². The summed E-state index contributed by atoms with van der Waals surface area (Å²) in [6.07, 6.45) is 2.25. The fourth-order valence-electron chi connectivity index (χ4n) is 2.40. The van der Waals surface area contributed by atoms with Crippen LogP contribution >= 0.6 is 0 Å². The molecule has 7 heteroatoms. The van der Waals surface area contributed by atoms with Crippen molar-refractivity contribution in [2.75, 3.05) is 0 Å². The molecule has 3 rings (SSSR count). The maximum Gasteiger partial charge on any atom is 0.263 e. The van der Waals surface area contributed by atoms with Gasteiger partial charge in [0, 0.05) is 19.3 Å². The van der Waals surface area contributed by atoms with Gasteiger partial charge < -0.3 is 9.47 Å². The van der Waals surface area contributed by atoms with E-state index in [1.54, 1.807) is 42.2 Å². The predicted octanol–water partition coefficient (Wildman–Crippen LogP) is 3.71. The zero-order chi connectivity index (χ0) is 18.5. The molecule has 3 aromatic rings. The molecule has 0 saturated carbocycles. The number of nitriles is 2. The number of hydrogen-bond donors (Lipinski definition) is 0. The molecule has 0 aliphatic carbocycles. The average molecular weight is 345 g/mol. The minimum absolute atomic E-state index is 0.341. The summed E-state index contributed by atoms with van der Waals surface area (Å²) in [4.78, 5) is 4.15. The fourth-order valence-corrected chi connectivity index (χ4v) is 2.40. The van der Waals surface area contributed by atoms with E-state index in [9.17, 15) is 0 Å². The quantitative estimate of drug-likeness (QED) is 0.699. The lowest BCUT2D eigenvalue weighted by molar-refractivity contribution is 0.381. The van der Waals surface area contributed by atoms with E-state index < -0.39 is 0 Å². The minimum atomic E-state index is 0.341. The second kappa shape index (κ2) is 7.37. The van der Waals surface area contributed by atoms with Crippen molar-refractivity contribution in [1.29, 1.82) is 10.5 Å². The van der Waals surface area contributed by atoms with Gasteiger partial charge in [-0.05, 0) is 30.7 Å². The van der Waals surface area contributed by atoms with Gasteiger partial charge in [-0.1, -0.05) is 13.0 Å². The third-order valence-electron chi connectivity index (χ3n) is 3.58. The second-order valence-electron chi connectivity index (χ2n) is 5.40. The van der Waals surface area contributed by atoms with E-state index in [1.807, 2.05) is 25.1 Å². The number of aromatic nitrogens is 3. The number of ether oxygens (including phenoxy) is 2. The van der Waals surface area contributed by atoms with Gasteiger partial charge in [0.05, 0.1) is 23.3 Å². The van der Waals surface area contributed by atoms with Crippen molar-refractivity contribution in [2.45, 2.75) is 13.3 Å². The zero-order valence-electron chi connectivity index (χ0n) is 14.3. The van der Waals surface area contributed by atoms with Crippen LogP contribution < -0.4 is 9.47 Å². The molecule has 0 spiro atoms. The summed E-state index contributed by atoms with van der Waals surface area (Å²) in [6, 6.07) is 14.0. The molecule has 26 heavy (non-hydrogen) atoms. The maximum absolute atomic E-state index is 9.14. The molecule has 0 unspecified atom stereocenters. The highest BCUT2D eigenvalue weighted by Gasteiger charge is 2.20. The number of nitrogens with zero attached hydrogens (tertiary/aromatic N) is 5. The molecule has 0 amide bonds. The van der Waals surface area contributed by atoms with Crippen LogP contribution in [0.5, 0.6) is 23.3 Å². The first kappa shape index (κ1) is 17.0. The third kappa shape index (κ3) is 3.47. The highest BCUT2D eigenvalue weighted by Crippen LogP contribution is 2.37. The zero-order valence-corrected chi connectivity index (χ0v) is 14.3. The van der Waals surface area contributed by atoms with Gasteiger partial charge in [0.1, 0.15) is 11.4 Å². The molecule has 2 heterocycles. The molecule has 0 fully saturated rings. The highest BCUT2D eigenvalue weighted by atomic mass is 16.5. The van der Waals surface area contributed by atoms with Gasteiger partial charge in [-0.2, -0.15) is 15.6 Å². The van der Waals surface area contributed by atoms with E-state index in [4.69, 9.17) is 20.0 Å². The summed E-state index contributed by atoms with van der Waals surface area (Å²) >= 11 is 0. The van der Waals surface area contributed by atoms with Crippen LogP contribution in [0.15, 0.2) is 42.6 Å². The lowest BCUT2D eigenvalue weighted by Gasteiger charge is -2.10. The highest BCUT2D eigenvalue weighted by molar-refractivity contribution is 5.49. The third-order valence-corrected chi connectivity index (χ3v) is 3.58. The fraction of sp³-hybridized carbons (Fsp3) is 0.158. The standard InChI is InChI=1S/C19H15N5O2/c1-3-16-18(25-15-9-13(11-20)8-14(10-15)12-21)19(24(2)23-16)26-17-6-4-5-7-22-17/h4-10H,3H2,1-2H3. The Kier molecular flexibility index (Phi) is 4.82. The van der Waals surface area contributed by atoms with E-state index in [-0.39, 0.29) is 0 Å². The molecule has 128 valence electrons. The van der Waals surface area contributed by atoms with Crippen molar-refractivity contribution in [2.24, 2.45) is 7.05 Å². The van der Waals surface area contributed by atoms with Crippen molar-refractivity contribution < 1.29 is 9.47 Å². The number of pyridine rings is 1. The van der Waals surface area contributed by atoms with E-state index in [1.165, 1.54) is 6.07 Å². The second-order valence-corrected chi connectivity index (χ2v) is 5.40. The largest absolute Gasteiger partial charge is 0.450 e. The van der Waals surface area contributed by atoms with Crippen LogP contribution in [-0.2, 0) is 13.5 Å². The molecule has 0 N–H and O–H groups in total. The van der Waals surface area contributed by atoms with Crippen molar-refractivity contribution in [3.8, 4) is 35.4 Å². The molecule has 0 bridgehead atoms. The van der Waals surface area contributed by atoms with Gasteiger partial charge in [0.2, 0.25) is 11.6 Å². The number of rotatable bonds is 5. The molecule has 0 saturated heterocycles. The molecule has 0 atom stereocenters. The Morgan fingerprint density at radius 1 is 1.08 bits per heavy atom. The Labute approximate surface area is 150 Å². The Bertz CT molecular complexity index is 981. The van der Waals surface area contributed by atoms with Crippen molar-refractivity contribution in [3.63, 3.8) is 0 Å². The molecule has 7 nitrogen and oxygen atoms in total. The molecular weight excluding hydrogens is 330 g/mol. The summed E-state index contributed by atoms with van der Waals surface area (Å²) in [5, 5.41) is 22.7. The van der Waals surface area contributed by atoms with Crippen LogP contribution in [0.4, 0.5) is 0 Å². The van der Waals surface area contributed by atoms with Gasteiger partial charge in [-0.3, -0.25) is 0 Å². The summed E-state index contributed by atoms with van der Waals surface area (Å²) in [6.45, 7) is 1.95. The summed E-state index contributed by atoms with van der Waals surface area (Å²) in [5.74, 6) is 1.60. The summed E-state index contributed by atoms with van der Waals surface area (Å²) in [7, 11) is 1.75. The van der Waals surface area contributed by atoms with Crippen LogP contribution in [-0.4, -0.2) is 14.8 Å². The van der Waals surface area contributed by atoms with Gasteiger partial charge in [0.15, 0.2) is 0 Å². The van der Waals surface area contributed by atoms with Gasteiger partial charge in [-0.15, -0.1) is 0 Å². The SMILES string of the molecule is CCc1nn(C)c(Oc2ccccn2)c1Oc1cc(C#N)cc(C#N)c1. The smallest absolute Gasteiger partial charge is 0.263 e. The van der Waals surface area contributed by atoms with Crippen LogP contribution in [0.1, 0.15) is 23.7 Å². The van der Waals surface area contributed by atoms with Crippen LogP contribution in [0.25, 0.3) is 0 Å². The lowest BCUT2D eigenvalue weighted by Crippen LogP contribution is -1.97. The molecule has 0 aliphatic rings. The van der Waals surface area contributed by atoms with Crippen LogP contribution in [0.3, 0.4) is 0 Å². The number of hydrogen-bond acceptors (Lipinski definition) is 6.